The molecule has 1 aromatic rings. The maximum absolute atomic E-state index is 5.74. The van der Waals surface area contributed by atoms with Crippen molar-refractivity contribution in [1.82, 2.24) is 4.98 Å². The summed E-state index contributed by atoms with van der Waals surface area (Å²) in [6, 6.07) is 0. The van der Waals surface area contributed by atoms with Gasteiger partial charge < -0.3 is 11.1 Å². The predicted molar refractivity (Wildman–Crippen MR) is 58.0 cm³/mol. The second-order valence-corrected chi connectivity index (χ2v) is 4.63. The van der Waals surface area contributed by atoms with Crippen molar-refractivity contribution in [2.24, 2.45) is 11.7 Å². The molecule has 1 unspecified atom stereocenters. The maximum Gasteiger partial charge on any atom is 0.183 e. The van der Waals surface area contributed by atoms with Crippen molar-refractivity contribution in [2.45, 2.75) is 26.3 Å². The first kappa shape index (κ1) is 10.5. The number of nitrogens with zero attached hydrogens (tertiary/aromatic N) is 1. The molecule has 0 aliphatic heterocycles. The summed E-state index contributed by atoms with van der Waals surface area (Å²) in [5, 5.41) is 6.27. The summed E-state index contributed by atoms with van der Waals surface area (Å²) in [4.78, 5) is 4.18. The molecule has 1 heterocycles. The quantitative estimate of drug-likeness (QED) is 0.779. The second kappa shape index (κ2) is 4.07. The zero-order chi connectivity index (χ0) is 9.90. The Kier molecular flexibility index (Phi) is 3.27. The van der Waals surface area contributed by atoms with Gasteiger partial charge in [-0.2, -0.15) is 0 Å². The summed E-state index contributed by atoms with van der Waals surface area (Å²) in [6.45, 7) is 7.06. The van der Waals surface area contributed by atoms with Crippen LogP contribution in [-0.4, -0.2) is 17.1 Å². The molecule has 0 bridgehead atoms. The number of thiazole rings is 1. The fraction of sp³-hybridized carbons (Fsp3) is 0.667. The van der Waals surface area contributed by atoms with Crippen LogP contribution in [-0.2, 0) is 0 Å². The minimum Gasteiger partial charge on any atom is -0.355 e. The molecule has 0 aliphatic rings. The number of nitrogens with one attached hydrogen (secondary N) is 1. The van der Waals surface area contributed by atoms with Crippen molar-refractivity contribution < 1.29 is 0 Å². The molecule has 3 nitrogen and oxygen atoms in total. The van der Waals surface area contributed by atoms with Gasteiger partial charge in [-0.05, 0) is 12.8 Å². The number of anilines is 1. The molecule has 13 heavy (non-hydrogen) atoms. The highest BCUT2D eigenvalue weighted by Crippen LogP contribution is 2.22. The number of hydrogen-bond acceptors (Lipinski definition) is 4. The van der Waals surface area contributed by atoms with E-state index in [1.165, 1.54) is 0 Å². The van der Waals surface area contributed by atoms with Gasteiger partial charge in [0.25, 0.3) is 0 Å². The minimum absolute atomic E-state index is 0.0577. The fourth-order valence-corrected chi connectivity index (χ4v) is 1.62. The maximum atomic E-state index is 5.74. The van der Waals surface area contributed by atoms with E-state index in [4.69, 9.17) is 5.73 Å². The third-order valence-electron chi connectivity index (χ3n) is 2.52. The Labute approximate surface area is 83.4 Å². The molecule has 0 aliphatic carbocycles. The smallest absolute Gasteiger partial charge is 0.183 e. The van der Waals surface area contributed by atoms with Crippen molar-refractivity contribution >= 4 is 16.5 Å². The molecular weight excluding hydrogens is 182 g/mol. The third kappa shape index (κ3) is 2.42. The fourth-order valence-electron chi connectivity index (χ4n) is 0.961. The van der Waals surface area contributed by atoms with Gasteiger partial charge in [-0.1, -0.05) is 13.8 Å². The van der Waals surface area contributed by atoms with Crippen LogP contribution in [0.15, 0.2) is 11.6 Å². The van der Waals surface area contributed by atoms with Crippen LogP contribution in [0, 0.1) is 5.92 Å². The highest BCUT2D eigenvalue weighted by atomic mass is 32.1. The number of hydrogen-bond donors (Lipinski definition) is 2. The Balaban J connectivity index is 2.69. The van der Waals surface area contributed by atoms with E-state index in [-0.39, 0.29) is 5.54 Å². The van der Waals surface area contributed by atoms with Crippen LogP contribution >= 0.6 is 11.3 Å². The lowest BCUT2D eigenvalue weighted by atomic mass is 9.89. The summed E-state index contributed by atoms with van der Waals surface area (Å²) < 4.78 is 0. The molecule has 1 rings (SSSR count). The van der Waals surface area contributed by atoms with Crippen LogP contribution in [0.5, 0.6) is 0 Å². The van der Waals surface area contributed by atoms with E-state index in [1.54, 1.807) is 17.5 Å². The highest BCUT2D eigenvalue weighted by Gasteiger charge is 2.26. The molecule has 0 amide bonds. The summed E-state index contributed by atoms with van der Waals surface area (Å²) >= 11 is 1.60. The third-order valence-corrected chi connectivity index (χ3v) is 3.21. The average Bonchev–Trinajstić information content (AvgIpc) is 2.56. The van der Waals surface area contributed by atoms with Crippen LogP contribution < -0.4 is 11.1 Å². The summed E-state index contributed by atoms with van der Waals surface area (Å²) in [6.07, 6.45) is 1.80. The molecule has 1 aromatic heterocycles. The van der Waals surface area contributed by atoms with Crippen LogP contribution in [0.25, 0.3) is 0 Å². The molecule has 0 saturated heterocycles. The average molecular weight is 199 g/mol. The van der Waals surface area contributed by atoms with E-state index < -0.39 is 0 Å². The Bertz CT molecular complexity index is 245. The first-order valence-electron chi connectivity index (χ1n) is 4.46. The van der Waals surface area contributed by atoms with Crippen LogP contribution in [0.1, 0.15) is 20.8 Å². The zero-order valence-electron chi connectivity index (χ0n) is 8.37. The minimum atomic E-state index is -0.0577. The van der Waals surface area contributed by atoms with E-state index in [2.05, 4.69) is 31.1 Å². The first-order chi connectivity index (χ1) is 6.08. The Morgan fingerprint density at radius 3 is 2.77 bits per heavy atom. The van der Waals surface area contributed by atoms with Gasteiger partial charge in [-0.15, -0.1) is 11.3 Å². The van der Waals surface area contributed by atoms with E-state index in [1.807, 2.05) is 5.38 Å². The standard InChI is InChI=1S/C9H17N3S/c1-7(2)9(3,6-10)12-8-11-4-5-13-8/h4-5,7H,6,10H2,1-3H3,(H,11,12). The van der Waals surface area contributed by atoms with Crippen molar-refractivity contribution in [3.05, 3.63) is 11.6 Å². The Hall–Kier alpha value is -0.610. The van der Waals surface area contributed by atoms with Crippen molar-refractivity contribution in [2.75, 3.05) is 11.9 Å². The van der Waals surface area contributed by atoms with Gasteiger partial charge in [0.2, 0.25) is 0 Å². The topological polar surface area (TPSA) is 50.9 Å². The molecule has 0 fully saturated rings. The van der Waals surface area contributed by atoms with Gasteiger partial charge in [0.1, 0.15) is 0 Å². The lowest BCUT2D eigenvalue weighted by Crippen LogP contribution is -2.47. The van der Waals surface area contributed by atoms with Gasteiger partial charge in [0.05, 0.1) is 5.54 Å². The highest BCUT2D eigenvalue weighted by molar-refractivity contribution is 7.13. The lowest BCUT2D eigenvalue weighted by Gasteiger charge is -2.33. The monoisotopic (exact) mass is 199 g/mol. The molecule has 4 heteroatoms. The molecule has 0 saturated carbocycles. The Morgan fingerprint density at radius 1 is 1.69 bits per heavy atom. The molecule has 0 spiro atoms. The zero-order valence-corrected chi connectivity index (χ0v) is 9.19. The van der Waals surface area contributed by atoms with Gasteiger partial charge in [-0.25, -0.2) is 4.98 Å². The van der Waals surface area contributed by atoms with Crippen molar-refractivity contribution in [3.8, 4) is 0 Å². The van der Waals surface area contributed by atoms with Gasteiger partial charge >= 0.3 is 0 Å². The van der Waals surface area contributed by atoms with Crippen LogP contribution in [0.3, 0.4) is 0 Å². The summed E-state index contributed by atoms with van der Waals surface area (Å²) in [5.41, 5.74) is 5.68. The molecule has 1 atom stereocenters. The largest absolute Gasteiger partial charge is 0.355 e. The Morgan fingerprint density at radius 2 is 2.38 bits per heavy atom. The molecular formula is C9H17N3S. The van der Waals surface area contributed by atoms with E-state index >= 15 is 0 Å². The van der Waals surface area contributed by atoms with Crippen molar-refractivity contribution in [3.63, 3.8) is 0 Å². The molecule has 0 aromatic carbocycles. The normalized spacial score (nSPS) is 15.8. The van der Waals surface area contributed by atoms with E-state index in [9.17, 15) is 0 Å². The molecule has 74 valence electrons. The van der Waals surface area contributed by atoms with E-state index in [0.717, 1.165) is 5.13 Å². The predicted octanol–water partition coefficient (Wildman–Crippen LogP) is 1.93. The summed E-state index contributed by atoms with van der Waals surface area (Å²) in [7, 11) is 0. The first-order valence-corrected chi connectivity index (χ1v) is 5.34. The van der Waals surface area contributed by atoms with Crippen LogP contribution in [0.4, 0.5) is 5.13 Å². The molecule has 3 N–H and O–H groups in total. The van der Waals surface area contributed by atoms with E-state index in [0.29, 0.717) is 12.5 Å². The van der Waals surface area contributed by atoms with Gasteiger partial charge in [0.15, 0.2) is 5.13 Å². The lowest BCUT2D eigenvalue weighted by molar-refractivity contribution is 0.382. The van der Waals surface area contributed by atoms with Gasteiger partial charge in [0, 0.05) is 18.1 Å². The summed E-state index contributed by atoms with van der Waals surface area (Å²) in [5.74, 6) is 0.487. The van der Waals surface area contributed by atoms with Crippen LogP contribution in [0.2, 0.25) is 0 Å². The van der Waals surface area contributed by atoms with Crippen molar-refractivity contribution in [1.29, 1.82) is 0 Å². The SMILES string of the molecule is CC(C)C(C)(CN)Nc1nccs1. The second-order valence-electron chi connectivity index (χ2n) is 3.74. The number of rotatable bonds is 4. The number of nitrogens with two attached hydrogens (primary N) is 1. The molecule has 0 radical (unpaired) electrons. The van der Waals surface area contributed by atoms with Gasteiger partial charge in [-0.3, -0.25) is 0 Å². The number of aromatic nitrogens is 1.